The molecule has 1 heterocycles. The molecule has 0 spiro atoms. The maximum Gasteiger partial charge on any atom is 0.227 e. The summed E-state index contributed by atoms with van der Waals surface area (Å²) in [6.07, 6.45) is 0.270. The van der Waals surface area contributed by atoms with Gasteiger partial charge in [0.2, 0.25) is 11.8 Å². The molecule has 4 heteroatoms. The van der Waals surface area contributed by atoms with Crippen LogP contribution in [0.5, 0.6) is 0 Å². The number of anilines is 1. The SMILES string of the molecule is Cc1cccc(CNC(=O)[C@H]2CC(=O)N(c3ccc(C)c(C)c3)C2)c1. The minimum absolute atomic E-state index is 0.0129. The van der Waals surface area contributed by atoms with E-state index in [9.17, 15) is 9.59 Å². The first-order valence-electron chi connectivity index (χ1n) is 8.65. The van der Waals surface area contributed by atoms with E-state index in [4.69, 9.17) is 0 Å². The molecule has 2 aromatic carbocycles. The molecule has 3 rings (SSSR count). The van der Waals surface area contributed by atoms with Crippen molar-refractivity contribution in [2.75, 3.05) is 11.4 Å². The summed E-state index contributed by atoms with van der Waals surface area (Å²) in [5.74, 6) is -0.334. The number of nitrogens with zero attached hydrogens (tertiary/aromatic N) is 1. The maximum atomic E-state index is 12.5. The normalized spacial score (nSPS) is 17.0. The molecule has 0 aliphatic carbocycles. The Morgan fingerprint density at radius 2 is 1.92 bits per heavy atom. The summed E-state index contributed by atoms with van der Waals surface area (Å²) in [6, 6.07) is 14.0. The molecule has 1 N–H and O–H groups in total. The monoisotopic (exact) mass is 336 g/mol. The maximum absolute atomic E-state index is 12.5. The highest BCUT2D eigenvalue weighted by Gasteiger charge is 2.35. The summed E-state index contributed by atoms with van der Waals surface area (Å²) in [6.45, 7) is 7.05. The second-order valence-corrected chi connectivity index (χ2v) is 6.88. The standard InChI is InChI=1S/C21H24N2O2/c1-14-5-4-6-17(9-14)12-22-21(25)18-11-20(24)23(13-18)19-8-7-15(2)16(3)10-19/h4-10,18H,11-13H2,1-3H3,(H,22,25)/t18-/m0/s1. The Kier molecular flexibility index (Phi) is 4.88. The molecule has 1 fully saturated rings. The Hall–Kier alpha value is -2.62. The van der Waals surface area contributed by atoms with Crippen molar-refractivity contribution < 1.29 is 9.59 Å². The van der Waals surface area contributed by atoms with Gasteiger partial charge in [-0.25, -0.2) is 0 Å². The predicted octanol–water partition coefficient (Wildman–Crippen LogP) is 3.28. The van der Waals surface area contributed by atoms with Crippen LogP contribution in [0.25, 0.3) is 0 Å². The van der Waals surface area contributed by atoms with E-state index in [1.54, 1.807) is 4.90 Å². The molecule has 0 radical (unpaired) electrons. The topological polar surface area (TPSA) is 49.4 Å². The first kappa shape index (κ1) is 17.2. The quantitative estimate of drug-likeness (QED) is 0.931. The molecule has 1 atom stereocenters. The van der Waals surface area contributed by atoms with Gasteiger partial charge in [-0.2, -0.15) is 0 Å². The summed E-state index contributed by atoms with van der Waals surface area (Å²) >= 11 is 0. The van der Waals surface area contributed by atoms with Crippen molar-refractivity contribution in [1.29, 1.82) is 0 Å². The zero-order valence-corrected chi connectivity index (χ0v) is 15.0. The highest BCUT2D eigenvalue weighted by Crippen LogP contribution is 2.27. The van der Waals surface area contributed by atoms with Gasteiger partial charge < -0.3 is 10.2 Å². The van der Waals surface area contributed by atoms with Crippen molar-refractivity contribution in [2.24, 2.45) is 5.92 Å². The van der Waals surface area contributed by atoms with Crippen molar-refractivity contribution in [3.8, 4) is 0 Å². The lowest BCUT2D eigenvalue weighted by molar-refractivity contribution is -0.126. The Morgan fingerprint density at radius 1 is 1.12 bits per heavy atom. The second-order valence-electron chi connectivity index (χ2n) is 6.88. The van der Waals surface area contributed by atoms with E-state index in [0.717, 1.165) is 16.8 Å². The van der Waals surface area contributed by atoms with Crippen LogP contribution in [0.3, 0.4) is 0 Å². The molecule has 1 saturated heterocycles. The van der Waals surface area contributed by atoms with Crippen LogP contribution < -0.4 is 10.2 Å². The Bertz CT molecular complexity index is 813. The zero-order valence-electron chi connectivity index (χ0n) is 15.0. The number of nitrogens with one attached hydrogen (secondary N) is 1. The van der Waals surface area contributed by atoms with Crippen LogP contribution in [0.15, 0.2) is 42.5 Å². The third-order valence-corrected chi connectivity index (χ3v) is 4.85. The minimum atomic E-state index is -0.293. The van der Waals surface area contributed by atoms with Gasteiger partial charge in [-0.15, -0.1) is 0 Å². The van der Waals surface area contributed by atoms with E-state index in [1.807, 2.05) is 57.2 Å². The molecular formula is C21H24N2O2. The van der Waals surface area contributed by atoms with Gasteiger partial charge in [-0.05, 0) is 49.6 Å². The Labute approximate surface area is 148 Å². The van der Waals surface area contributed by atoms with Gasteiger partial charge in [0.1, 0.15) is 0 Å². The summed E-state index contributed by atoms with van der Waals surface area (Å²) in [4.78, 5) is 26.5. The third-order valence-electron chi connectivity index (χ3n) is 4.85. The number of carbonyl (C=O) groups excluding carboxylic acids is 2. The van der Waals surface area contributed by atoms with E-state index in [1.165, 1.54) is 11.1 Å². The number of amides is 2. The fraction of sp³-hybridized carbons (Fsp3) is 0.333. The number of hydrogen-bond donors (Lipinski definition) is 1. The lowest BCUT2D eigenvalue weighted by Crippen LogP contribution is -2.32. The van der Waals surface area contributed by atoms with Crippen molar-refractivity contribution in [3.05, 3.63) is 64.7 Å². The molecule has 0 saturated carbocycles. The Balaban J connectivity index is 1.63. The average molecular weight is 336 g/mol. The van der Waals surface area contributed by atoms with Crippen LogP contribution >= 0.6 is 0 Å². The van der Waals surface area contributed by atoms with E-state index >= 15 is 0 Å². The minimum Gasteiger partial charge on any atom is -0.352 e. The van der Waals surface area contributed by atoms with Crippen molar-refractivity contribution in [2.45, 2.75) is 33.7 Å². The number of aryl methyl sites for hydroxylation is 3. The number of benzene rings is 2. The van der Waals surface area contributed by atoms with Crippen molar-refractivity contribution in [1.82, 2.24) is 5.32 Å². The zero-order chi connectivity index (χ0) is 18.0. The van der Waals surface area contributed by atoms with Crippen LogP contribution in [0.1, 0.15) is 28.7 Å². The number of carbonyl (C=O) groups is 2. The van der Waals surface area contributed by atoms with Crippen molar-refractivity contribution >= 4 is 17.5 Å². The summed E-state index contributed by atoms with van der Waals surface area (Å²) in [7, 11) is 0. The van der Waals surface area contributed by atoms with Crippen LogP contribution in [0.2, 0.25) is 0 Å². The predicted molar refractivity (Wildman–Crippen MR) is 99.4 cm³/mol. The van der Waals surface area contributed by atoms with Crippen molar-refractivity contribution in [3.63, 3.8) is 0 Å². The van der Waals surface area contributed by atoms with Gasteiger partial charge in [-0.3, -0.25) is 9.59 Å². The molecule has 25 heavy (non-hydrogen) atoms. The summed E-state index contributed by atoms with van der Waals surface area (Å²) < 4.78 is 0. The fourth-order valence-corrected chi connectivity index (χ4v) is 3.18. The highest BCUT2D eigenvalue weighted by molar-refractivity contribution is 6.00. The molecule has 2 amide bonds. The molecule has 1 aliphatic heterocycles. The molecule has 0 aromatic heterocycles. The largest absolute Gasteiger partial charge is 0.352 e. The first-order valence-corrected chi connectivity index (χ1v) is 8.65. The van der Waals surface area contributed by atoms with Gasteiger partial charge in [0.25, 0.3) is 0 Å². The van der Waals surface area contributed by atoms with Gasteiger partial charge in [-0.1, -0.05) is 35.9 Å². The molecule has 4 nitrogen and oxygen atoms in total. The lowest BCUT2D eigenvalue weighted by Gasteiger charge is -2.18. The Morgan fingerprint density at radius 3 is 2.64 bits per heavy atom. The lowest BCUT2D eigenvalue weighted by atomic mass is 10.1. The highest BCUT2D eigenvalue weighted by atomic mass is 16.2. The van der Waals surface area contributed by atoms with Crippen LogP contribution in [-0.2, 0) is 16.1 Å². The van der Waals surface area contributed by atoms with Gasteiger partial charge in [0.15, 0.2) is 0 Å². The third kappa shape index (κ3) is 3.90. The van der Waals surface area contributed by atoms with Crippen LogP contribution in [0.4, 0.5) is 5.69 Å². The summed E-state index contributed by atoms with van der Waals surface area (Å²) in [5, 5.41) is 2.96. The number of rotatable bonds is 4. The molecule has 0 unspecified atom stereocenters. The second kappa shape index (κ2) is 7.09. The molecule has 130 valence electrons. The molecule has 2 aromatic rings. The fourth-order valence-electron chi connectivity index (χ4n) is 3.18. The summed E-state index contributed by atoms with van der Waals surface area (Å²) in [5.41, 5.74) is 5.47. The smallest absolute Gasteiger partial charge is 0.227 e. The van der Waals surface area contributed by atoms with Gasteiger partial charge in [0.05, 0.1) is 5.92 Å². The van der Waals surface area contributed by atoms with Crippen LogP contribution in [0, 0.1) is 26.7 Å². The van der Waals surface area contributed by atoms with E-state index in [-0.39, 0.29) is 24.2 Å². The molecule has 1 aliphatic rings. The average Bonchev–Trinajstić information content (AvgIpc) is 2.97. The van der Waals surface area contributed by atoms with Gasteiger partial charge >= 0.3 is 0 Å². The van der Waals surface area contributed by atoms with E-state index in [0.29, 0.717) is 13.1 Å². The van der Waals surface area contributed by atoms with E-state index < -0.39 is 0 Å². The van der Waals surface area contributed by atoms with E-state index in [2.05, 4.69) is 11.4 Å². The van der Waals surface area contributed by atoms with Gasteiger partial charge in [0, 0.05) is 25.2 Å². The molecular weight excluding hydrogens is 312 g/mol. The number of hydrogen-bond acceptors (Lipinski definition) is 2. The van der Waals surface area contributed by atoms with Crippen LogP contribution in [-0.4, -0.2) is 18.4 Å². The molecule has 0 bridgehead atoms. The first-order chi connectivity index (χ1) is 11.9.